The standard InChI is InChI=1S/C14H32N6/c1-2-3-10-19-14(17)20-12-9-7-5-4-6-8-11-18-13(15)16/h2-12H2,1H3,(H4,15,16,18)(H3,17,19,20). The molecule has 0 radical (unpaired) electrons. The van der Waals surface area contributed by atoms with Crippen LogP contribution in [0.15, 0.2) is 9.98 Å². The minimum absolute atomic E-state index is 0.188. The van der Waals surface area contributed by atoms with Gasteiger partial charge in [0.15, 0.2) is 11.9 Å². The first-order chi connectivity index (χ1) is 9.66. The average molecular weight is 284 g/mol. The number of unbranched alkanes of at least 4 members (excludes halogenated alkanes) is 6. The molecule has 20 heavy (non-hydrogen) atoms. The Bertz CT molecular complexity index is 271. The molecule has 0 amide bonds. The van der Waals surface area contributed by atoms with E-state index < -0.39 is 0 Å². The first-order valence-corrected chi connectivity index (χ1v) is 7.76. The molecule has 0 fully saturated rings. The van der Waals surface area contributed by atoms with Gasteiger partial charge in [0.05, 0.1) is 0 Å². The number of nitrogens with zero attached hydrogens (tertiary/aromatic N) is 2. The first-order valence-electron chi connectivity index (χ1n) is 7.76. The van der Waals surface area contributed by atoms with E-state index in [2.05, 4.69) is 22.2 Å². The van der Waals surface area contributed by atoms with E-state index in [0.717, 1.165) is 38.9 Å². The van der Waals surface area contributed by atoms with Crippen LogP contribution in [0, 0.1) is 0 Å². The number of hydrogen-bond donors (Lipinski definition) is 4. The van der Waals surface area contributed by atoms with Gasteiger partial charge in [0.25, 0.3) is 0 Å². The van der Waals surface area contributed by atoms with Gasteiger partial charge >= 0.3 is 0 Å². The Balaban J connectivity index is 3.27. The molecule has 0 aromatic carbocycles. The molecular weight excluding hydrogens is 252 g/mol. The van der Waals surface area contributed by atoms with Gasteiger partial charge in [-0.25, -0.2) is 0 Å². The average Bonchev–Trinajstić information content (AvgIpc) is 2.41. The fourth-order valence-corrected chi connectivity index (χ4v) is 1.79. The number of aliphatic imine (C=N–C) groups is 2. The van der Waals surface area contributed by atoms with E-state index in [4.69, 9.17) is 17.2 Å². The van der Waals surface area contributed by atoms with Crippen LogP contribution in [0.2, 0.25) is 0 Å². The number of nitrogens with one attached hydrogen (secondary N) is 1. The third kappa shape index (κ3) is 14.6. The van der Waals surface area contributed by atoms with E-state index in [1.165, 1.54) is 32.1 Å². The van der Waals surface area contributed by atoms with E-state index >= 15 is 0 Å². The zero-order chi connectivity index (χ0) is 15.1. The molecule has 0 rings (SSSR count). The topological polar surface area (TPSA) is 115 Å². The number of rotatable bonds is 12. The van der Waals surface area contributed by atoms with Crippen LogP contribution in [0.25, 0.3) is 0 Å². The fraction of sp³-hybridized carbons (Fsp3) is 0.857. The molecule has 6 heteroatoms. The molecule has 0 spiro atoms. The number of nitrogens with two attached hydrogens (primary N) is 3. The van der Waals surface area contributed by atoms with Crippen LogP contribution in [-0.4, -0.2) is 31.6 Å². The minimum Gasteiger partial charge on any atom is -0.370 e. The second-order valence-corrected chi connectivity index (χ2v) is 4.98. The highest BCUT2D eigenvalue weighted by Crippen LogP contribution is 2.05. The van der Waals surface area contributed by atoms with E-state index in [-0.39, 0.29) is 5.96 Å². The van der Waals surface area contributed by atoms with Crippen LogP contribution < -0.4 is 22.5 Å². The van der Waals surface area contributed by atoms with Crippen LogP contribution >= 0.6 is 0 Å². The summed E-state index contributed by atoms with van der Waals surface area (Å²) in [5.41, 5.74) is 16.2. The zero-order valence-electron chi connectivity index (χ0n) is 12.9. The molecule has 0 saturated carbocycles. The van der Waals surface area contributed by atoms with Crippen molar-refractivity contribution in [2.24, 2.45) is 27.2 Å². The molecule has 0 aliphatic carbocycles. The Labute approximate surface area is 123 Å². The highest BCUT2D eigenvalue weighted by Gasteiger charge is 1.93. The summed E-state index contributed by atoms with van der Waals surface area (Å²) in [4.78, 5) is 8.26. The Morgan fingerprint density at radius 1 is 0.800 bits per heavy atom. The third-order valence-corrected chi connectivity index (χ3v) is 2.98. The Morgan fingerprint density at radius 3 is 1.90 bits per heavy atom. The summed E-state index contributed by atoms with van der Waals surface area (Å²) >= 11 is 0. The maximum absolute atomic E-state index is 5.74. The van der Waals surface area contributed by atoms with E-state index in [1.54, 1.807) is 0 Å². The van der Waals surface area contributed by atoms with E-state index in [0.29, 0.717) is 5.96 Å². The van der Waals surface area contributed by atoms with E-state index in [9.17, 15) is 0 Å². The highest BCUT2D eigenvalue weighted by atomic mass is 15.1. The molecule has 6 nitrogen and oxygen atoms in total. The molecule has 0 aliphatic heterocycles. The lowest BCUT2D eigenvalue weighted by molar-refractivity contribution is 0.601. The fourth-order valence-electron chi connectivity index (χ4n) is 1.79. The largest absolute Gasteiger partial charge is 0.370 e. The van der Waals surface area contributed by atoms with Crippen molar-refractivity contribution in [3.05, 3.63) is 0 Å². The molecule has 7 N–H and O–H groups in total. The van der Waals surface area contributed by atoms with E-state index in [1.807, 2.05) is 0 Å². The summed E-state index contributed by atoms with van der Waals surface area (Å²) in [7, 11) is 0. The number of guanidine groups is 2. The molecule has 118 valence electrons. The molecular formula is C14H32N6. The summed E-state index contributed by atoms with van der Waals surface area (Å²) in [6.45, 7) is 4.64. The predicted octanol–water partition coefficient (Wildman–Crippen LogP) is 1.30. The van der Waals surface area contributed by atoms with Crippen LogP contribution in [0.1, 0.15) is 58.3 Å². The lowest BCUT2D eigenvalue weighted by atomic mass is 10.1. The Hall–Kier alpha value is -1.46. The summed E-state index contributed by atoms with van der Waals surface area (Å²) in [6.07, 6.45) is 9.32. The van der Waals surface area contributed by atoms with Gasteiger partial charge in [0.2, 0.25) is 0 Å². The van der Waals surface area contributed by atoms with Gasteiger partial charge in [0.1, 0.15) is 0 Å². The molecule has 0 atom stereocenters. The van der Waals surface area contributed by atoms with Crippen molar-refractivity contribution in [3.63, 3.8) is 0 Å². The quantitative estimate of drug-likeness (QED) is 0.246. The predicted molar refractivity (Wildman–Crippen MR) is 87.8 cm³/mol. The molecule has 0 aromatic rings. The lowest BCUT2D eigenvalue weighted by Gasteiger charge is -2.04. The van der Waals surface area contributed by atoms with Crippen LogP contribution in [0.3, 0.4) is 0 Å². The second kappa shape index (κ2) is 14.0. The smallest absolute Gasteiger partial charge is 0.188 e. The number of hydrogen-bond acceptors (Lipinski definition) is 2. The summed E-state index contributed by atoms with van der Waals surface area (Å²) in [5.74, 6) is 0.767. The zero-order valence-corrected chi connectivity index (χ0v) is 12.9. The first kappa shape index (κ1) is 18.5. The van der Waals surface area contributed by atoms with Crippen LogP contribution in [0.5, 0.6) is 0 Å². The van der Waals surface area contributed by atoms with Crippen molar-refractivity contribution < 1.29 is 0 Å². The molecule has 0 aromatic heterocycles. The maximum atomic E-state index is 5.74. The van der Waals surface area contributed by atoms with Gasteiger partial charge in [-0.3, -0.25) is 9.98 Å². The van der Waals surface area contributed by atoms with Gasteiger partial charge < -0.3 is 22.5 Å². The molecule has 0 saturated heterocycles. The van der Waals surface area contributed by atoms with Crippen molar-refractivity contribution in [1.29, 1.82) is 0 Å². The Morgan fingerprint density at radius 2 is 1.35 bits per heavy atom. The minimum atomic E-state index is 0.188. The molecule has 0 unspecified atom stereocenters. The monoisotopic (exact) mass is 284 g/mol. The lowest BCUT2D eigenvalue weighted by Crippen LogP contribution is -2.32. The van der Waals surface area contributed by atoms with Crippen molar-refractivity contribution in [3.8, 4) is 0 Å². The summed E-state index contributed by atoms with van der Waals surface area (Å²) in [5, 5.41) is 3.11. The molecule has 0 aliphatic rings. The van der Waals surface area contributed by atoms with Gasteiger partial charge in [-0.15, -0.1) is 0 Å². The third-order valence-electron chi connectivity index (χ3n) is 2.98. The Kier molecular flexibility index (Phi) is 12.9. The van der Waals surface area contributed by atoms with Crippen LogP contribution in [-0.2, 0) is 0 Å². The van der Waals surface area contributed by atoms with Gasteiger partial charge in [-0.05, 0) is 19.3 Å². The molecule has 0 bridgehead atoms. The van der Waals surface area contributed by atoms with Crippen molar-refractivity contribution in [2.75, 3.05) is 19.6 Å². The maximum Gasteiger partial charge on any atom is 0.188 e. The second-order valence-electron chi connectivity index (χ2n) is 4.98. The normalized spacial score (nSPS) is 11.3. The summed E-state index contributed by atoms with van der Waals surface area (Å²) in [6, 6.07) is 0. The highest BCUT2D eigenvalue weighted by molar-refractivity contribution is 5.77. The van der Waals surface area contributed by atoms with Crippen molar-refractivity contribution >= 4 is 11.9 Å². The van der Waals surface area contributed by atoms with Gasteiger partial charge in [0, 0.05) is 19.6 Å². The SMILES string of the molecule is CCCCNC(N)=NCCCCCCCCN=C(N)N. The summed E-state index contributed by atoms with van der Waals surface area (Å²) < 4.78 is 0. The van der Waals surface area contributed by atoms with Crippen LogP contribution in [0.4, 0.5) is 0 Å². The molecule has 0 heterocycles. The van der Waals surface area contributed by atoms with Gasteiger partial charge in [-0.2, -0.15) is 0 Å². The van der Waals surface area contributed by atoms with Crippen molar-refractivity contribution in [1.82, 2.24) is 5.32 Å². The van der Waals surface area contributed by atoms with Gasteiger partial charge in [-0.1, -0.05) is 39.0 Å². The van der Waals surface area contributed by atoms with Crippen molar-refractivity contribution in [2.45, 2.75) is 58.3 Å².